The standard InChI is InChI=1S/C10H20N2/c1-2-5-10(6-7-11)12-8-3-4-9-12/h6H,2-5,7-9,11H2,1H3/b10-6+. The molecule has 0 spiro atoms. The molecule has 2 nitrogen and oxygen atoms in total. The fourth-order valence-electron chi connectivity index (χ4n) is 1.79. The molecular weight excluding hydrogens is 148 g/mol. The summed E-state index contributed by atoms with van der Waals surface area (Å²) in [5.41, 5.74) is 6.99. The van der Waals surface area contributed by atoms with Gasteiger partial charge in [0.15, 0.2) is 0 Å². The Balaban J connectivity index is 2.45. The van der Waals surface area contributed by atoms with Crippen LogP contribution >= 0.6 is 0 Å². The lowest BCUT2D eigenvalue weighted by Crippen LogP contribution is -2.19. The van der Waals surface area contributed by atoms with Crippen LogP contribution in [-0.2, 0) is 0 Å². The van der Waals surface area contributed by atoms with E-state index in [1.54, 1.807) is 0 Å². The third kappa shape index (κ3) is 2.52. The molecule has 1 fully saturated rings. The number of nitrogens with zero attached hydrogens (tertiary/aromatic N) is 1. The molecule has 0 aromatic rings. The highest BCUT2D eigenvalue weighted by Gasteiger charge is 2.12. The van der Waals surface area contributed by atoms with Gasteiger partial charge in [-0.25, -0.2) is 0 Å². The first-order valence-corrected chi connectivity index (χ1v) is 5.02. The molecule has 0 amide bonds. The van der Waals surface area contributed by atoms with Crippen LogP contribution in [-0.4, -0.2) is 24.5 Å². The summed E-state index contributed by atoms with van der Waals surface area (Å²) >= 11 is 0. The van der Waals surface area contributed by atoms with Crippen LogP contribution in [0.5, 0.6) is 0 Å². The van der Waals surface area contributed by atoms with E-state index >= 15 is 0 Å². The van der Waals surface area contributed by atoms with Crippen LogP contribution in [0.15, 0.2) is 11.8 Å². The maximum Gasteiger partial charge on any atom is 0.0175 e. The molecule has 0 aromatic heterocycles. The van der Waals surface area contributed by atoms with E-state index in [-0.39, 0.29) is 0 Å². The highest BCUT2D eigenvalue weighted by molar-refractivity contribution is 5.03. The van der Waals surface area contributed by atoms with Gasteiger partial charge in [-0.1, -0.05) is 19.4 Å². The SMILES string of the molecule is CCC/C(=C\CN)N1CCCC1. The third-order valence-electron chi connectivity index (χ3n) is 2.37. The maximum absolute atomic E-state index is 5.52. The zero-order valence-corrected chi connectivity index (χ0v) is 8.05. The Bertz CT molecular complexity index is 146. The summed E-state index contributed by atoms with van der Waals surface area (Å²) in [5, 5.41) is 0. The third-order valence-corrected chi connectivity index (χ3v) is 2.37. The van der Waals surface area contributed by atoms with Gasteiger partial charge in [-0.05, 0) is 19.3 Å². The molecule has 1 aliphatic heterocycles. The minimum absolute atomic E-state index is 0.686. The molecule has 12 heavy (non-hydrogen) atoms. The molecule has 1 heterocycles. The molecule has 1 rings (SSSR count). The van der Waals surface area contributed by atoms with E-state index in [1.165, 1.54) is 44.5 Å². The average Bonchev–Trinajstić information content (AvgIpc) is 2.56. The highest BCUT2D eigenvalue weighted by Crippen LogP contribution is 2.17. The van der Waals surface area contributed by atoms with Crippen LogP contribution in [0.2, 0.25) is 0 Å². The number of allylic oxidation sites excluding steroid dienone is 1. The number of likely N-dealkylation sites (tertiary alicyclic amines) is 1. The van der Waals surface area contributed by atoms with Crippen LogP contribution in [0, 0.1) is 0 Å². The largest absolute Gasteiger partial charge is 0.375 e. The van der Waals surface area contributed by atoms with E-state index in [1.807, 2.05) is 0 Å². The Kier molecular flexibility index (Phi) is 4.15. The molecular formula is C10H20N2. The average molecular weight is 168 g/mol. The molecule has 70 valence electrons. The van der Waals surface area contributed by atoms with Crippen molar-refractivity contribution >= 4 is 0 Å². The van der Waals surface area contributed by atoms with E-state index in [0.29, 0.717) is 6.54 Å². The second-order valence-corrected chi connectivity index (χ2v) is 3.38. The summed E-state index contributed by atoms with van der Waals surface area (Å²) in [6, 6.07) is 0. The zero-order valence-electron chi connectivity index (χ0n) is 8.05. The monoisotopic (exact) mass is 168 g/mol. The van der Waals surface area contributed by atoms with Crippen LogP contribution in [0.25, 0.3) is 0 Å². The molecule has 0 aliphatic carbocycles. The van der Waals surface area contributed by atoms with Crippen molar-refractivity contribution in [2.45, 2.75) is 32.6 Å². The quantitative estimate of drug-likeness (QED) is 0.692. The van der Waals surface area contributed by atoms with Crippen molar-refractivity contribution < 1.29 is 0 Å². The van der Waals surface area contributed by atoms with Gasteiger partial charge in [0, 0.05) is 25.3 Å². The molecule has 1 saturated heterocycles. The number of hydrogen-bond acceptors (Lipinski definition) is 2. The van der Waals surface area contributed by atoms with E-state index in [4.69, 9.17) is 5.73 Å². The Morgan fingerprint density at radius 1 is 1.42 bits per heavy atom. The van der Waals surface area contributed by atoms with Crippen LogP contribution < -0.4 is 5.73 Å². The van der Waals surface area contributed by atoms with Crippen LogP contribution in [0.4, 0.5) is 0 Å². The van der Waals surface area contributed by atoms with Gasteiger partial charge < -0.3 is 10.6 Å². The fourth-order valence-corrected chi connectivity index (χ4v) is 1.79. The minimum Gasteiger partial charge on any atom is -0.375 e. The molecule has 0 atom stereocenters. The lowest BCUT2D eigenvalue weighted by atomic mass is 10.2. The molecule has 0 radical (unpaired) electrons. The number of nitrogens with two attached hydrogens (primary N) is 1. The second kappa shape index (κ2) is 5.20. The van der Waals surface area contributed by atoms with Crippen LogP contribution in [0.1, 0.15) is 32.6 Å². The first-order valence-electron chi connectivity index (χ1n) is 5.02. The van der Waals surface area contributed by atoms with Gasteiger partial charge in [-0.15, -0.1) is 0 Å². The van der Waals surface area contributed by atoms with E-state index in [0.717, 1.165) is 0 Å². The first kappa shape index (κ1) is 9.59. The lowest BCUT2D eigenvalue weighted by molar-refractivity contribution is 0.406. The van der Waals surface area contributed by atoms with Crippen molar-refractivity contribution in [3.8, 4) is 0 Å². The van der Waals surface area contributed by atoms with E-state index in [2.05, 4.69) is 17.9 Å². The van der Waals surface area contributed by atoms with Gasteiger partial charge in [0.25, 0.3) is 0 Å². The first-order chi connectivity index (χ1) is 5.88. The summed E-state index contributed by atoms with van der Waals surface area (Å²) in [6.45, 7) is 5.39. The fraction of sp³-hybridized carbons (Fsp3) is 0.800. The molecule has 1 aliphatic rings. The minimum atomic E-state index is 0.686. The summed E-state index contributed by atoms with van der Waals surface area (Å²) < 4.78 is 0. The van der Waals surface area contributed by atoms with Crippen molar-refractivity contribution in [1.29, 1.82) is 0 Å². The van der Waals surface area contributed by atoms with Crippen molar-refractivity contribution in [3.63, 3.8) is 0 Å². The predicted octanol–water partition coefficient (Wildman–Crippen LogP) is 1.72. The van der Waals surface area contributed by atoms with E-state index < -0.39 is 0 Å². The van der Waals surface area contributed by atoms with Crippen molar-refractivity contribution in [2.75, 3.05) is 19.6 Å². The summed E-state index contributed by atoms with van der Waals surface area (Å²) in [5.74, 6) is 0. The number of rotatable bonds is 4. The van der Waals surface area contributed by atoms with Gasteiger partial charge in [-0.3, -0.25) is 0 Å². The molecule has 0 saturated carbocycles. The highest BCUT2D eigenvalue weighted by atomic mass is 15.1. The van der Waals surface area contributed by atoms with Gasteiger partial charge in [-0.2, -0.15) is 0 Å². The van der Waals surface area contributed by atoms with E-state index in [9.17, 15) is 0 Å². The zero-order chi connectivity index (χ0) is 8.81. The van der Waals surface area contributed by atoms with Gasteiger partial charge in [0.05, 0.1) is 0 Å². The number of hydrogen-bond donors (Lipinski definition) is 1. The normalized spacial score (nSPS) is 18.8. The Morgan fingerprint density at radius 3 is 2.58 bits per heavy atom. The van der Waals surface area contributed by atoms with Gasteiger partial charge >= 0.3 is 0 Å². The molecule has 2 heteroatoms. The molecule has 2 N–H and O–H groups in total. The van der Waals surface area contributed by atoms with Crippen molar-refractivity contribution in [1.82, 2.24) is 4.90 Å². The maximum atomic E-state index is 5.52. The smallest absolute Gasteiger partial charge is 0.0175 e. The lowest BCUT2D eigenvalue weighted by Gasteiger charge is -2.21. The Hall–Kier alpha value is -0.500. The van der Waals surface area contributed by atoms with Crippen molar-refractivity contribution in [3.05, 3.63) is 11.8 Å². The Morgan fingerprint density at radius 2 is 2.08 bits per heavy atom. The van der Waals surface area contributed by atoms with Gasteiger partial charge in [0.1, 0.15) is 0 Å². The van der Waals surface area contributed by atoms with Crippen LogP contribution in [0.3, 0.4) is 0 Å². The Labute approximate surface area is 75.4 Å². The summed E-state index contributed by atoms with van der Waals surface area (Å²) in [4.78, 5) is 2.48. The van der Waals surface area contributed by atoms with Crippen molar-refractivity contribution in [2.24, 2.45) is 5.73 Å². The summed E-state index contributed by atoms with van der Waals surface area (Å²) in [7, 11) is 0. The predicted molar refractivity (Wildman–Crippen MR) is 52.9 cm³/mol. The topological polar surface area (TPSA) is 29.3 Å². The molecule has 0 aromatic carbocycles. The second-order valence-electron chi connectivity index (χ2n) is 3.38. The van der Waals surface area contributed by atoms with Gasteiger partial charge in [0.2, 0.25) is 0 Å². The molecule has 0 unspecified atom stereocenters. The summed E-state index contributed by atoms with van der Waals surface area (Å²) in [6.07, 6.45) is 7.30. The molecule has 0 bridgehead atoms.